The normalized spacial score (nSPS) is 23.0. The molecule has 2 heterocycles. The van der Waals surface area contributed by atoms with E-state index in [2.05, 4.69) is 11.8 Å². The second kappa shape index (κ2) is 7.04. The number of rotatable bonds is 4. The summed E-state index contributed by atoms with van der Waals surface area (Å²) >= 11 is 0. The maximum absolute atomic E-state index is 12.6. The van der Waals surface area contributed by atoms with Crippen molar-refractivity contribution in [1.82, 2.24) is 4.90 Å². The van der Waals surface area contributed by atoms with Crippen LogP contribution in [0, 0.1) is 15.5 Å². The highest BCUT2D eigenvalue weighted by Gasteiger charge is 2.35. The standard InChI is InChI=1S/C16H22N4O3.ClH/c1-16(10-17)5-7-18(11-16)9-15(21)19-6-4-12-2-3-13(20(22)23)8-14(12)19;/h2-3,8H,4-7,9-11,17H2,1H3;1H. The Morgan fingerprint density at radius 3 is 2.79 bits per heavy atom. The van der Waals surface area contributed by atoms with Crippen molar-refractivity contribution < 1.29 is 9.72 Å². The van der Waals surface area contributed by atoms with Crippen molar-refractivity contribution in [3.63, 3.8) is 0 Å². The average Bonchev–Trinajstić information content (AvgIpc) is 3.11. The molecule has 0 saturated carbocycles. The van der Waals surface area contributed by atoms with Crippen LogP contribution < -0.4 is 10.6 Å². The number of anilines is 1. The van der Waals surface area contributed by atoms with Gasteiger partial charge in [0.2, 0.25) is 5.91 Å². The molecular weight excluding hydrogens is 332 g/mol. The van der Waals surface area contributed by atoms with Crippen LogP contribution in [0.15, 0.2) is 18.2 Å². The average molecular weight is 355 g/mol. The predicted molar refractivity (Wildman–Crippen MR) is 94.6 cm³/mol. The third kappa shape index (κ3) is 3.53. The number of halogens is 1. The zero-order valence-corrected chi connectivity index (χ0v) is 14.6. The number of nitrogens with zero attached hydrogens (tertiary/aromatic N) is 3. The molecule has 1 atom stereocenters. The van der Waals surface area contributed by atoms with Gasteiger partial charge in [0.05, 0.1) is 17.2 Å². The van der Waals surface area contributed by atoms with Crippen LogP contribution in [0.1, 0.15) is 18.9 Å². The molecule has 1 aromatic rings. The quantitative estimate of drug-likeness (QED) is 0.654. The molecule has 1 aromatic carbocycles. The van der Waals surface area contributed by atoms with Gasteiger partial charge in [-0.2, -0.15) is 0 Å². The third-order valence-electron chi connectivity index (χ3n) is 4.96. The van der Waals surface area contributed by atoms with E-state index in [0.717, 1.165) is 31.5 Å². The third-order valence-corrected chi connectivity index (χ3v) is 4.96. The highest BCUT2D eigenvalue weighted by atomic mass is 35.5. The van der Waals surface area contributed by atoms with E-state index in [1.807, 2.05) is 0 Å². The molecule has 0 spiro atoms. The second-order valence-electron chi connectivity index (χ2n) is 6.84. The second-order valence-corrected chi connectivity index (χ2v) is 6.84. The minimum atomic E-state index is -0.422. The first-order valence-electron chi connectivity index (χ1n) is 7.92. The zero-order valence-electron chi connectivity index (χ0n) is 13.7. The number of fused-ring (bicyclic) bond motifs is 1. The van der Waals surface area contributed by atoms with Gasteiger partial charge in [-0.15, -0.1) is 12.4 Å². The number of amides is 1. The van der Waals surface area contributed by atoms with Crippen LogP contribution in [0.3, 0.4) is 0 Å². The molecular formula is C16H23ClN4O3. The van der Waals surface area contributed by atoms with Gasteiger partial charge in [0, 0.05) is 25.2 Å². The fraction of sp³-hybridized carbons (Fsp3) is 0.562. The Balaban J connectivity index is 0.00000208. The Kier molecular flexibility index (Phi) is 5.47. The van der Waals surface area contributed by atoms with Gasteiger partial charge in [0.1, 0.15) is 0 Å². The summed E-state index contributed by atoms with van der Waals surface area (Å²) in [4.78, 5) is 27.0. The first-order chi connectivity index (χ1) is 10.9. The lowest BCUT2D eigenvalue weighted by atomic mass is 9.90. The lowest BCUT2D eigenvalue weighted by Gasteiger charge is -2.24. The summed E-state index contributed by atoms with van der Waals surface area (Å²) in [5.41, 5.74) is 7.60. The lowest BCUT2D eigenvalue weighted by molar-refractivity contribution is -0.384. The number of nitro groups is 1. The molecule has 0 bridgehead atoms. The zero-order chi connectivity index (χ0) is 16.6. The van der Waals surface area contributed by atoms with Crippen molar-refractivity contribution in [3.8, 4) is 0 Å². The van der Waals surface area contributed by atoms with Gasteiger partial charge in [-0.25, -0.2) is 0 Å². The Labute approximate surface area is 147 Å². The van der Waals surface area contributed by atoms with Crippen molar-refractivity contribution in [3.05, 3.63) is 33.9 Å². The molecule has 0 aromatic heterocycles. The SMILES string of the molecule is CC1(CN)CCN(CC(=O)N2CCc3ccc([N+](=O)[O-])cc32)C1.Cl. The molecule has 3 rings (SSSR count). The van der Waals surface area contributed by atoms with E-state index in [4.69, 9.17) is 5.73 Å². The molecule has 24 heavy (non-hydrogen) atoms. The van der Waals surface area contributed by atoms with Gasteiger partial charge in [0.15, 0.2) is 0 Å². The van der Waals surface area contributed by atoms with Crippen LogP contribution >= 0.6 is 12.4 Å². The number of benzene rings is 1. The van der Waals surface area contributed by atoms with Gasteiger partial charge in [-0.05, 0) is 36.9 Å². The monoisotopic (exact) mass is 354 g/mol. The summed E-state index contributed by atoms with van der Waals surface area (Å²) in [6, 6.07) is 4.76. The number of carbonyl (C=O) groups excluding carboxylic acids is 1. The molecule has 1 unspecified atom stereocenters. The van der Waals surface area contributed by atoms with Crippen LogP contribution in [0.5, 0.6) is 0 Å². The van der Waals surface area contributed by atoms with Crippen molar-refractivity contribution >= 4 is 29.7 Å². The van der Waals surface area contributed by atoms with Gasteiger partial charge < -0.3 is 10.6 Å². The van der Waals surface area contributed by atoms with Gasteiger partial charge >= 0.3 is 0 Å². The van der Waals surface area contributed by atoms with E-state index < -0.39 is 4.92 Å². The first-order valence-corrected chi connectivity index (χ1v) is 7.92. The molecule has 7 nitrogen and oxygen atoms in total. The lowest BCUT2D eigenvalue weighted by Crippen LogP contribution is -2.40. The summed E-state index contributed by atoms with van der Waals surface area (Å²) in [6.07, 6.45) is 1.75. The molecule has 1 amide bonds. The number of carbonyl (C=O) groups is 1. The molecule has 0 aliphatic carbocycles. The molecule has 2 aliphatic rings. The minimum absolute atomic E-state index is 0. The highest BCUT2D eigenvalue weighted by molar-refractivity contribution is 5.97. The van der Waals surface area contributed by atoms with Crippen molar-refractivity contribution in [2.24, 2.45) is 11.1 Å². The molecule has 132 valence electrons. The van der Waals surface area contributed by atoms with E-state index in [1.54, 1.807) is 11.0 Å². The summed E-state index contributed by atoms with van der Waals surface area (Å²) < 4.78 is 0. The van der Waals surface area contributed by atoms with E-state index in [1.165, 1.54) is 12.1 Å². The summed E-state index contributed by atoms with van der Waals surface area (Å²) in [6.45, 7) is 5.40. The van der Waals surface area contributed by atoms with E-state index >= 15 is 0 Å². The number of nitro benzene ring substituents is 1. The first kappa shape index (κ1) is 18.6. The molecule has 1 saturated heterocycles. The molecule has 8 heteroatoms. The fourth-order valence-electron chi connectivity index (χ4n) is 3.44. The maximum atomic E-state index is 12.6. The summed E-state index contributed by atoms with van der Waals surface area (Å²) in [5.74, 6) is 0.00511. The Morgan fingerprint density at radius 2 is 2.17 bits per heavy atom. The topological polar surface area (TPSA) is 92.7 Å². The fourth-order valence-corrected chi connectivity index (χ4v) is 3.44. The number of non-ortho nitro benzene ring substituents is 1. The number of hydrogen-bond acceptors (Lipinski definition) is 5. The smallest absolute Gasteiger partial charge is 0.271 e. The predicted octanol–water partition coefficient (Wildman–Crippen LogP) is 1.58. The van der Waals surface area contributed by atoms with Crippen LogP contribution in [-0.2, 0) is 11.2 Å². The van der Waals surface area contributed by atoms with Crippen LogP contribution in [-0.4, -0.2) is 48.5 Å². The number of hydrogen-bond donors (Lipinski definition) is 1. The molecule has 2 aliphatic heterocycles. The molecule has 2 N–H and O–H groups in total. The van der Waals surface area contributed by atoms with Crippen LogP contribution in [0.2, 0.25) is 0 Å². The van der Waals surface area contributed by atoms with Crippen LogP contribution in [0.25, 0.3) is 0 Å². The van der Waals surface area contributed by atoms with Crippen molar-refractivity contribution in [2.45, 2.75) is 19.8 Å². The molecule has 1 fully saturated rings. The minimum Gasteiger partial charge on any atom is -0.330 e. The number of nitrogens with two attached hydrogens (primary N) is 1. The van der Waals surface area contributed by atoms with Gasteiger partial charge in [0.25, 0.3) is 5.69 Å². The van der Waals surface area contributed by atoms with Crippen LogP contribution in [0.4, 0.5) is 11.4 Å². The highest BCUT2D eigenvalue weighted by Crippen LogP contribution is 2.33. The van der Waals surface area contributed by atoms with E-state index in [-0.39, 0.29) is 29.4 Å². The largest absolute Gasteiger partial charge is 0.330 e. The van der Waals surface area contributed by atoms with E-state index in [0.29, 0.717) is 25.3 Å². The van der Waals surface area contributed by atoms with E-state index in [9.17, 15) is 14.9 Å². The number of likely N-dealkylation sites (tertiary alicyclic amines) is 1. The Bertz CT molecular complexity index is 654. The summed E-state index contributed by atoms with van der Waals surface area (Å²) in [5, 5.41) is 10.9. The van der Waals surface area contributed by atoms with Gasteiger partial charge in [-0.1, -0.05) is 13.0 Å². The van der Waals surface area contributed by atoms with Gasteiger partial charge in [-0.3, -0.25) is 19.8 Å². The Morgan fingerprint density at radius 1 is 1.42 bits per heavy atom. The maximum Gasteiger partial charge on any atom is 0.271 e. The Hall–Kier alpha value is -1.70. The van der Waals surface area contributed by atoms with Crippen molar-refractivity contribution in [2.75, 3.05) is 37.6 Å². The molecule has 0 radical (unpaired) electrons. The van der Waals surface area contributed by atoms with Crippen molar-refractivity contribution in [1.29, 1.82) is 0 Å². The summed E-state index contributed by atoms with van der Waals surface area (Å²) in [7, 11) is 0.